The molecule has 15 heavy (non-hydrogen) atoms. The third-order valence-corrected chi connectivity index (χ3v) is 3.07. The zero-order valence-electron chi connectivity index (χ0n) is 9.68. The first kappa shape index (κ1) is 12.5. The van der Waals surface area contributed by atoms with Gasteiger partial charge in [-0.3, -0.25) is 4.79 Å². The fraction of sp³-hybridized carbons (Fsp3) is 0.909. The van der Waals surface area contributed by atoms with E-state index in [0.717, 1.165) is 19.4 Å². The van der Waals surface area contributed by atoms with Gasteiger partial charge in [-0.1, -0.05) is 20.3 Å². The molecule has 1 amide bonds. The molecule has 4 heteroatoms. The van der Waals surface area contributed by atoms with Crippen LogP contribution < -0.4 is 10.6 Å². The van der Waals surface area contributed by atoms with E-state index in [9.17, 15) is 9.90 Å². The van der Waals surface area contributed by atoms with Crippen molar-refractivity contribution < 1.29 is 9.90 Å². The molecule has 0 spiro atoms. The number of aliphatic hydroxyl groups is 1. The van der Waals surface area contributed by atoms with Crippen molar-refractivity contribution in [2.75, 3.05) is 19.6 Å². The average Bonchev–Trinajstić information content (AvgIpc) is 2.63. The summed E-state index contributed by atoms with van der Waals surface area (Å²) < 4.78 is 0. The van der Waals surface area contributed by atoms with E-state index in [1.165, 1.54) is 0 Å². The van der Waals surface area contributed by atoms with E-state index in [1.807, 2.05) is 0 Å². The molecule has 88 valence electrons. The monoisotopic (exact) mass is 214 g/mol. The van der Waals surface area contributed by atoms with Gasteiger partial charge in [0.15, 0.2) is 0 Å². The minimum Gasteiger partial charge on any atom is -0.387 e. The number of hydrogen-bond acceptors (Lipinski definition) is 3. The first-order chi connectivity index (χ1) is 7.06. The Morgan fingerprint density at radius 3 is 2.93 bits per heavy atom. The van der Waals surface area contributed by atoms with Crippen LogP contribution in [0.3, 0.4) is 0 Å². The van der Waals surface area contributed by atoms with Crippen molar-refractivity contribution in [2.45, 2.75) is 38.7 Å². The van der Waals surface area contributed by atoms with Crippen molar-refractivity contribution >= 4 is 5.91 Å². The van der Waals surface area contributed by atoms with E-state index in [4.69, 9.17) is 0 Å². The summed E-state index contributed by atoms with van der Waals surface area (Å²) >= 11 is 0. The number of nitrogens with one attached hydrogen (secondary N) is 2. The fourth-order valence-electron chi connectivity index (χ4n) is 1.68. The first-order valence-electron chi connectivity index (χ1n) is 5.75. The van der Waals surface area contributed by atoms with Crippen molar-refractivity contribution in [3.8, 4) is 0 Å². The van der Waals surface area contributed by atoms with Gasteiger partial charge >= 0.3 is 0 Å². The maximum atomic E-state index is 11.5. The molecule has 1 heterocycles. The lowest BCUT2D eigenvalue weighted by atomic mass is 10.0. The molecule has 2 unspecified atom stereocenters. The molecule has 3 N–H and O–H groups in total. The molecule has 0 saturated carbocycles. The molecule has 1 aliphatic rings. The number of carbonyl (C=O) groups is 1. The van der Waals surface area contributed by atoms with Crippen molar-refractivity contribution in [1.82, 2.24) is 10.6 Å². The highest BCUT2D eigenvalue weighted by atomic mass is 16.3. The van der Waals surface area contributed by atoms with Gasteiger partial charge in [0.25, 0.3) is 0 Å². The molecule has 0 aromatic heterocycles. The van der Waals surface area contributed by atoms with Crippen molar-refractivity contribution in [3.63, 3.8) is 0 Å². The largest absolute Gasteiger partial charge is 0.387 e. The van der Waals surface area contributed by atoms with Crippen LogP contribution in [0.2, 0.25) is 0 Å². The van der Waals surface area contributed by atoms with Crippen LogP contribution in [0.4, 0.5) is 0 Å². The molecule has 1 aliphatic heterocycles. The molecule has 0 radical (unpaired) electrons. The van der Waals surface area contributed by atoms with Gasteiger partial charge in [0.05, 0.1) is 5.60 Å². The lowest BCUT2D eigenvalue weighted by Gasteiger charge is -2.22. The molecule has 1 saturated heterocycles. The standard InChI is InChI=1S/C11H22N2O2/c1-3-9(2)6-10(14)13-8-11(15)4-5-12-7-11/h9,12,15H,3-8H2,1-2H3,(H,13,14). The molecular weight excluding hydrogens is 192 g/mol. The molecule has 4 nitrogen and oxygen atoms in total. The molecule has 2 atom stereocenters. The molecule has 0 aliphatic carbocycles. The van der Waals surface area contributed by atoms with E-state index < -0.39 is 5.60 Å². The first-order valence-corrected chi connectivity index (χ1v) is 5.75. The Kier molecular flexibility index (Phi) is 4.54. The maximum absolute atomic E-state index is 11.5. The highest BCUT2D eigenvalue weighted by molar-refractivity contribution is 5.76. The van der Waals surface area contributed by atoms with Crippen molar-refractivity contribution in [2.24, 2.45) is 5.92 Å². The van der Waals surface area contributed by atoms with Crippen molar-refractivity contribution in [3.05, 3.63) is 0 Å². The summed E-state index contributed by atoms with van der Waals surface area (Å²) in [7, 11) is 0. The van der Waals surface area contributed by atoms with Gasteiger partial charge < -0.3 is 15.7 Å². The third kappa shape index (κ3) is 4.18. The Bertz CT molecular complexity index is 213. The van der Waals surface area contributed by atoms with Gasteiger partial charge in [0, 0.05) is 19.5 Å². The normalized spacial score (nSPS) is 27.7. The van der Waals surface area contributed by atoms with Crippen LogP contribution in [0.15, 0.2) is 0 Å². The van der Waals surface area contributed by atoms with Crippen LogP contribution in [0, 0.1) is 5.92 Å². The van der Waals surface area contributed by atoms with Crippen LogP contribution in [0.5, 0.6) is 0 Å². The van der Waals surface area contributed by atoms with Gasteiger partial charge in [0.1, 0.15) is 0 Å². The van der Waals surface area contributed by atoms with Crippen LogP contribution in [-0.4, -0.2) is 36.2 Å². The number of β-amino-alcohol motifs (C(OH)–C–C–N with tert-alkyl or cyclic N) is 1. The predicted molar refractivity (Wildman–Crippen MR) is 59.5 cm³/mol. The average molecular weight is 214 g/mol. The molecule has 0 bridgehead atoms. The SMILES string of the molecule is CCC(C)CC(=O)NCC1(O)CCNC1. The second-order valence-electron chi connectivity index (χ2n) is 4.65. The van der Waals surface area contributed by atoms with E-state index >= 15 is 0 Å². The Hall–Kier alpha value is -0.610. The summed E-state index contributed by atoms with van der Waals surface area (Å²) in [4.78, 5) is 11.5. The smallest absolute Gasteiger partial charge is 0.220 e. The summed E-state index contributed by atoms with van der Waals surface area (Å²) in [6.45, 7) is 5.92. The zero-order chi connectivity index (χ0) is 11.3. The van der Waals surface area contributed by atoms with Crippen LogP contribution in [-0.2, 0) is 4.79 Å². The lowest BCUT2D eigenvalue weighted by molar-refractivity contribution is -0.123. The van der Waals surface area contributed by atoms with Gasteiger partial charge in [-0.15, -0.1) is 0 Å². The summed E-state index contributed by atoms with van der Waals surface area (Å²) in [5.74, 6) is 0.464. The minimum atomic E-state index is -0.731. The summed E-state index contributed by atoms with van der Waals surface area (Å²) in [6, 6.07) is 0. The van der Waals surface area contributed by atoms with Crippen LogP contribution in [0.1, 0.15) is 33.1 Å². The lowest BCUT2D eigenvalue weighted by Crippen LogP contribution is -2.44. The second kappa shape index (κ2) is 5.47. The number of hydrogen-bond donors (Lipinski definition) is 3. The topological polar surface area (TPSA) is 61.4 Å². The fourth-order valence-corrected chi connectivity index (χ4v) is 1.68. The van der Waals surface area contributed by atoms with E-state index in [2.05, 4.69) is 24.5 Å². The molecule has 0 aromatic rings. The predicted octanol–water partition coefficient (Wildman–Crippen LogP) is 0.263. The van der Waals surface area contributed by atoms with Crippen molar-refractivity contribution in [1.29, 1.82) is 0 Å². The number of rotatable bonds is 5. The van der Waals surface area contributed by atoms with E-state index in [-0.39, 0.29) is 5.91 Å². The number of carbonyl (C=O) groups excluding carboxylic acids is 1. The third-order valence-electron chi connectivity index (χ3n) is 3.07. The molecule has 1 rings (SSSR count). The van der Waals surface area contributed by atoms with Gasteiger partial charge in [-0.25, -0.2) is 0 Å². The summed E-state index contributed by atoms with van der Waals surface area (Å²) in [6.07, 6.45) is 2.29. The Morgan fingerprint density at radius 1 is 1.67 bits per heavy atom. The Morgan fingerprint density at radius 2 is 2.40 bits per heavy atom. The maximum Gasteiger partial charge on any atom is 0.220 e. The molecular formula is C11H22N2O2. The van der Waals surface area contributed by atoms with Gasteiger partial charge in [-0.2, -0.15) is 0 Å². The second-order valence-corrected chi connectivity index (χ2v) is 4.65. The Labute approximate surface area is 91.4 Å². The van der Waals surface area contributed by atoms with Gasteiger partial charge in [-0.05, 0) is 18.9 Å². The van der Waals surface area contributed by atoms with Crippen LogP contribution in [0.25, 0.3) is 0 Å². The Balaban J connectivity index is 2.21. The highest BCUT2D eigenvalue weighted by Gasteiger charge is 2.31. The van der Waals surface area contributed by atoms with Crippen LogP contribution >= 0.6 is 0 Å². The summed E-state index contributed by atoms with van der Waals surface area (Å²) in [5, 5.41) is 15.8. The molecule has 1 fully saturated rings. The van der Waals surface area contributed by atoms with E-state index in [0.29, 0.717) is 25.4 Å². The van der Waals surface area contributed by atoms with E-state index in [1.54, 1.807) is 0 Å². The quantitative estimate of drug-likeness (QED) is 0.615. The zero-order valence-corrected chi connectivity index (χ0v) is 9.68. The summed E-state index contributed by atoms with van der Waals surface area (Å²) in [5.41, 5.74) is -0.731. The number of amides is 1. The highest BCUT2D eigenvalue weighted by Crippen LogP contribution is 2.13. The molecule has 0 aromatic carbocycles. The minimum absolute atomic E-state index is 0.0460. The van der Waals surface area contributed by atoms with Gasteiger partial charge in [0.2, 0.25) is 5.91 Å².